The van der Waals surface area contributed by atoms with Crippen LogP contribution >= 0.6 is 0 Å². The maximum Gasteiger partial charge on any atom is 0.165 e. The monoisotopic (exact) mass is 356 g/mol. The van der Waals surface area contributed by atoms with Crippen molar-refractivity contribution < 1.29 is 9.13 Å². The number of rotatable bonds is 4. The van der Waals surface area contributed by atoms with Crippen molar-refractivity contribution >= 4 is 5.82 Å². The second-order valence-corrected chi connectivity index (χ2v) is 7.06. The summed E-state index contributed by atoms with van der Waals surface area (Å²) in [5.74, 6) is 1.13. The molecule has 0 saturated carbocycles. The molecule has 0 bridgehead atoms. The number of hydrogen-bond donors (Lipinski definition) is 0. The lowest BCUT2D eigenvalue weighted by molar-refractivity contribution is 0.248. The maximum absolute atomic E-state index is 13.9. The summed E-state index contributed by atoms with van der Waals surface area (Å²) in [5, 5.41) is 0. The predicted molar refractivity (Wildman–Crippen MR) is 99.1 cm³/mol. The van der Waals surface area contributed by atoms with E-state index < -0.39 is 0 Å². The van der Waals surface area contributed by atoms with Crippen LogP contribution in [0.5, 0.6) is 5.75 Å². The van der Waals surface area contributed by atoms with Gasteiger partial charge in [0.15, 0.2) is 11.6 Å². The van der Waals surface area contributed by atoms with Gasteiger partial charge in [-0.25, -0.2) is 14.4 Å². The Balaban J connectivity index is 1.39. The summed E-state index contributed by atoms with van der Waals surface area (Å²) < 4.78 is 18.9. The molecule has 0 unspecified atom stereocenters. The van der Waals surface area contributed by atoms with Gasteiger partial charge in [0.1, 0.15) is 12.1 Å². The zero-order chi connectivity index (χ0) is 17.9. The third-order valence-corrected chi connectivity index (χ3v) is 5.40. The highest BCUT2D eigenvalue weighted by Gasteiger charge is 2.23. The molecule has 1 fully saturated rings. The first kappa shape index (κ1) is 17.2. The van der Waals surface area contributed by atoms with E-state index in [0.717, 1.165) is 56.9 Å². The van der Waals surface area contributed by atoms with Crippen LogP contribution < -0.4 is 9.64 Å². The maximum atomic E-state index is 13.9. The Morgan fingerprint density at radius 3 is 2.65 bits per heavy atom. The number of methoxy groups -OCH3 is 1. The van der Waals surface area contributed by atoms with Crippen LogP contribution in [0.25, 0.3) is 0 Å². The number of anilines is 1. The normalized spacial score (nSPS) is 17.8. The van der Waals surface area contributed by atoms with E-state index in [1.54, 1.807) is 18.5 Å². The smallest absolute Gasteiger partial charge is 0.165 e. The van der Waals surface area contributed by atoms with Crippen LogP contribution in [-0.2, 0) is 19.4 Å². The summed E-state index contributed by atoms with van der Waals surface area (Å²) in [6.45, 7) is 4.56. The van der Waals surface area contributed by atoms with E-state index in [4.69, 9.17) is 4.74 Å². The first-order chi connectivity index (χ1) is 12.7. The van der Waals surface area contributed by atoms with Crippen LogP contribution in [0.4, 0.5) is 10.2 Å². The highest BCUT2D eigenvalue weighted by Crippen LogP contribution is 2.28. The van der Waals surface area contributed by atoms with Gasteiger partial charge in [-0.1, -0.05) is 6.07 Å². The molecule has 1 aliphatic carbocycles. The fourth-order valence-corrected chi connectivity index (χ4v) is 3.96. The Hall–Kier alpha value is -2.21. The number of ether oxygens (including phenoxy) is 1. The van der Waals surface area contributed by atoms with Crippen molar-refractivity contribution in [2.45, 2.75) is 32.2 Å². The topological polar surface area (TPSA) is 41.5 Å². The number of benzene rings is 1. The molecule has 6 heteroatoms. The minimum absolute atomic E-state index is 0.295. The van der Waals surface area contributed by atoms with Crippen LogP contribution in [0.3, 0.4) is 0 Å². The van der Waals surface area contributed by atoms with E-state index in [2.05, 4.69) is 19.8 Å². The van der Waals surface area contributed by atoms with Gasteiger partial charge in [-0.2, -0.15) is 0 Å². The van der Waals surface area contributed by atoms with Gasteiger partial charge in [-0.05, 0) is 43.4 Å². The molecule has 0 spiro atoms. The zero-order valence-electron chi connectivity index (χ0n) is 15.2. The van der Waals surface area contributed by atoms with Gasteiger partial charge in [-0.3, -0.25) is 4.90 Å². The van der Waals surface area contributed by atoms with Crippen molar-refractivity contribution in [2.75, 3.05) is 38.2 Å². The minimum atomic E-state index is -0.295. The third-order valence-electron chi connectivity index (χ3n) is 5.40. The van der Waals surface area contributed by atoms with E-state index in [1.165, 1.54) is 31.2 Å². The average Bonchev–Trinajstić information content (AvgIpc) is 2.68. The molecule has 0 N–H and O–H groups in total. The summed E-state index contributed by atoms with van der Waals surface area (Å²) >= 11 is 0. The molecule has 0 amide bonds. The lowest BCUT2D eigenvalue weighted by Crippen LogP contribution is -2.46. The fourth-order valence-electron chi connectivity index (χ4n) is 3.96. The average molecular weight is 356 g/mol. The molecule has 4 rings (SSSR count). The van der Waals surface area contributed by atoms with Gasteiger partial charge >= 0.3 is 0 Å². The van der Waals surface area contributed by atoms with Crippen molar-refractivity contribution in [3.8, 4) is 5.75 Å². The summed E-state index contributed by atoms with van der Waals surface area (Å²) in [6.07, 6.45) is 6.35. The number of nitrogens with zero attached hydrogens (tertiary/aromatic N) is 4. The number of halogens is 1. The molecule has 2 aliphatic rings. The quantitative estimate of drug-likeness (QED) is 0.843. The van der Waals surface area contributed by atoms with E-state index in [-0.39, 0.29) is 5.82 Å². The number of piperazine rings is 1. The number of aryl methyl sites for hydroxylation is 1. The van der Waals surface area contributed by atoms with Crippen molar-refractivity contribution in [3.05, 3.63) is 47.2 Å². The first-order valence-electron chi connectivity index (χ1n) is 9.37. The van der Waals surface area contributed by atoms with Crippen LogP contribution in [-0.4, -0.2) is 48.2 Å². The third kappa shape index (κ3) is 3.51. The molecule has 5 nitrogen and oxygen atoms in total. The van der Waals surface area contributed by atoms with E-state index in [1.807, 2.05) is 6.07 Å². The van der Waals surface area contributed by atoms with Crippen molar-refractivity contribution in [1.82, 2.24) is 14.9 Å². The van der Waals surface area contributed by atoms with Crippen LogP contribution in [0.1, 0.15) is 29.7 Å². The summed E-state index contributed by atoms with van der Waals surface area (Å²) in [6, 6.07) is 5.22. The lowest BCUT2D eigenvalue weighted by Gasteiger charge is -2.36. The summed E-state index contributed by atoms with van der Waals surface area (Å²) in [7, 11) is 1.49. The Labute approximate surface area is 153 Å². The minimum Gasteiger partial charge on any atom is -0.494 e. The highest BCUT2D eigenvalue weighted by molar-refractivity contribution is 5.50. The van der Waals surface area contributed by atoms with Gasteiger partial charge in [0.25, 0.3) is 0 Å². The number of hydrogen-bond acceptors (Lipinski definition) is 5. The SMILES string of the molecule is COc1ccc(CN2CCN(c3ncnc4c3CCCC4)CC2)cc1F. The molecule has 2 aromatic rings. The molecule has 2 heterocycles. The molecular formula is C20H25FN4O. The van der Waals surface area contributed by atoms with Gasteiger partial charge < -0.3 is 9.64 Å². The molecule has 1 aliphatic heterocycles. The Morgan fingerprint density at radius 2 is 1.88 bits per heavy atom. The lowest BCUT2D eigenvalue weighted by atomic mass is 9.96. The zero-order valence-corrected chi connectivity index (χ0v) is 15.2. The molecule has 26 heavy (non-hydrogen) atoms. The standard InChI is InChI=1S/C20H25FN4O/c1-26-19-7-6-15(12-17(19)21)13-24-8-10-25(11-9-24)20-16-4-2-3-5-18(16)22-14-23-20/h6-7,12,14H,2-5,8-11,13H2,1H3. The summed E-state index contributed by atoms with van der Waals surface area (Å²) in [4.78, 5) is 13.8. The first-order valence-corrected chi connectivity index (χ1v) is 9.37. The van der Waals surface area contributed by atoms with Crippen LogP contribution in [0.2, 0.25) is 0 Å². The van der Waals surface area contributed by atoms with E-state index in [0.29, 0.717) is 5.75 Å². The Morgan fingerprint density at radius 1 is 1.08 bits per heavy atom. The van der Waals surface area contributed by atoms with Crippen molar-refractivity contribution in [1.29, 1.82) is 0 Å². The second kappa shape index (κ2) is 7.58. The number of fused-ring (bicyclic) bond motifs is 1. The fraction of sp³-hybridized carbons (Fsp3) is 0.500. The molecule has 1 saturated heterocycles. The largest absolute Gasteiger partial charge is 0.494 e. The molecular weight excluding hydrogens is 331 g/mol. The Bertz CT molecular complexity index is 774. The Kier molecular flexibility index (Phi) is 5.02. The highest BCUT2D eigenvalue weighted by atomic mass is 19.1. The van der Waals surface area contributed by atoms with Crippen molar-refractivity contribution in [3.63, 3.8) is 0 Å². The van der Waals surface area contributed by atoms with Crippen molar-refractivity contribution in [2.24, 2.45) is 0 Å². The predicted octanol–water partition coefficient (Wildman–Crippen LogP) is 2.83. The number of aromatic nitrogens is 2. The molecule has 0 radical (unpaired) electrons. The van der Waals surface area contributed by atoms with Crippen LogP contribution in [0, 0.1) is 5.82 Å². The molecule has 1 aromatic carbocycles. The second-order valence-electron chi connectivity index (χ2n) is 7.06. The van der Waals surface area contributed by atoms with Gasteiger partial charge in [0, 0.05) is 44.0 Å². The molecule has 0 atom stereocenters. The molecule has 138 valence electrons. The van der Waals surface area contributed by atoms with Gasteiger partial charge in [0.05, 0.1) is 7.11 Å². The summed E-state index contributed by atoms with van der Waals surface area (Å²) in [5.41, 5.74) is 3.57. The van der Waals surface area contributed by atoms with E-state index >= 15 is 0 Å². The molecule has 1 aromatic heterocycles. The van der Waals surface area contributed by atoms with E-state index in [9.17, 15) is 4.39 Å². The van der Waals surface area contributed by atoms with Gasteiger partial charge in [-0.15, -0.1) is 0 Å². The van der Waals surface area contributed by atoms with Crippen LogP contribution in [0.15, 0.2) is 24.5 Å². The van der Waals surface area contributed by atoms with Gasteiger partial charge in [0.2, 0.25) is 0 Å².